The normalized spacial score (nSPS) is 18.3. The molecule has 2 atom stereocenters. The minimum Gasteiger partial charge on any atom is -0.395 e. The predicted octanol–water partition coefficient (Wildman–Crippen LogP) is 1.86. The number of nitrogens with one attached hydrogen (secondary N) is 1. The largest absolute Gasteiger partial charge is 0.395 e. The third-order valence-corrected chi connectivity index (χ3v) is 5.20. The quantitative estimate of drug-likeness (QED) is 0.800. The average molecular weight is 328 g/mol. The van der Waals surface area contributed by atoms with E-state index in [0.717, 1.165) is 18.7 Å². The van der Waals surface area contributed by atoms with E-state index in [4.69, 9.17) is 4.74 Å². The molecule has 4 nitrogen and oxygen atoms in total. The molecule has 0 aliphatic carbocycles. The number of aliphatic hydroxyl groups excluding tert-OH is 1. The first-order chi connectivity index (χ1) is 10.7. The van der Waals surface area contributed by atoms with Gasteiger partial charge in [0.05, 0.1) is 25.5 Å². The van der Waals surface area contributed by atoms with Crippen molar-refractivity contribution in [1.82, 2.24) is 5.32 Å². The maximum Gasteiger partial charge on any atom is 0.146 e. The molecule has 2 rings (SSSR count). The Kier molecular flexibility index (Phi) is 6.95. The molecule has 1 heterocycles. The molecule has 2 N–H and O–H groups in total. The van der Waals surface area contributed by atoms with Gasteiger partial charge in [0.1, 0.15) is 5.82 Å². The minimum absolute atomic E-state index is 0.139. The van der Waals surface area contributed by atoms with Gasteiger partial charge >= 0.3 is 0 Å². The maximum absolute atomic E-state index is 14.3. The van der Waals surface area contributed by atoms with Crippen molar-refractivity contribution in [3.63, 3.8) is 0 Å². The molecular formula is C16H25FN2O2S. The summed E-state index contributed by atoms with van der Waals surface area (Å²) in [5.41, 5.74) is 1.57. The van der Waals surface area contributed by atoms with Crippen LogP contribution in [0.2, 0.25) is 0 Å². The van der Waals surface area contributed by atoms with E-state index in [9.17, 15) is 9.50 Å². The molecule has 0 spiro atoms. The van der Waals surface area contributed by atoms with E-state index in [1.165, 1.54) is 0 Å². The summed E-state index contributed by atoms with van der Waals surface area (Å²) in [6, 6.07) is 5.57. The van der Waals surface area contributed by atoms with Crippen molar-refractivity contribution >= 4 is 17.4 Å². The fourth-order valence-corrected chi connectivity index (χ4v) is 3.22. The molecule has 1 aliphatic heterocycles. The number of halogens is 1. The first-order valence-corrected chi connectivity index (χ1v) is 8.92. The molecule has 22 heavy (non-hydrogen) atoms. The molecule has 0 amide bonds. The number of nitrogens with zero attached hydrogens (tertiary/aromatic N) is 1. The highest BCUT2D eigenvalue weighted by molar-refractivity contribution is 7.99. The fourth-order valence-electron chi connectivity index (χ4n) is 2.57. The molecule has 6 heteroatoms. The number of hydrogen-bond acceptors (Lipinski definition) is 5. The minimum atomic E-state index is -0.183. The zero-order valence-corrected chi connectivity index (χ0v) is 14.0. The molecule has 0 aromatic heterocycles. The van der Waals surface area contributed by atoms with Gasteiger partial charge in [-0.2, -0.15) is 11.8 Å². The molecule has 1 saturated heterocycles. The highest BCUT2D eigenvalue weighted by atomic mass is 32.2. The number of aliphatic hydroxyl groups is 1. The molecule has 1 aliphatic rings. The van der Waals surface area contributed by atoms with Crippen molar-refractivity contribution in [2.75, 3.05) is 44.1 Å². The summed E-state index contributed by atoms with van der Waals surface area (Å²) in [5, 5.41) is 12.8. The van der Waals surface area contributed by atoms with E-state index in [1.807, 2.05) is 30.2 Å². The maximum atomic E-state index is 14.3. The van der Waals surface area contributed by atoms with Crippen LogP contribution in [0.5, 0.6) is 0 Å². The Balaban J connectivity index is 1.94. The van der Waals surface area contributed by atoms with Crippen LogP contribution in [0, 0.1) is 5.82 Å². The second kappa shape index (κ2) is 8.72. The molecule has 124 valence electrons. The van der Waals surface area contributed by atoms with Gasteiger partial charge in [-0.05, 0) is 30.9 Å². The van der Waals surface area contributed by atoms with E-state index in [0.29, 0.717) is 25.4 Å². The lowest BCUT2D eigenvalue weighted by Crippen LogP contribution is -2.37. The van der Waals surface area contributed by atoms with Crippen LogP contribution < -0.4 is 10.2 Å². The van der Waals surface area contributed by atoms with Crippen molar-refractivity contribution in [3.05, 3.63) is 29.6 Å². The number of hydrogen-bond donors (Lipinski definition) is 2. The smallest absolute Gasteiger partial charge is 0.146 e. The van der Waals surface area contributed by atoms with Crippen LogP contribution >= 0.6 is 11.8 Å². The molecular weight excluding hydrogens is 303 g/mol. The Hall–Kier alpha value is -0.820. The fraction of sp³-hybridized carbons (Fsp3) is 0.625. The SMILES string of the molecule is CSC(CO)C(C)NCc1ccc(N2CCOCC2)c(F)c1. The van der Waals surface area contributed by atoms with Gasteiger partial charge in [0.2, 0.25) is 0 Å². The number of morpholine rings is 1. The van der Waals surface area contributed by atoms with E-state index in [2.05, 4.69) is 5.32 Å². The third-order valence-electron chi connectivity index (χ3n) is 4.03. The van der Waals surface area contributed by atoms with Crippen molar-refractivity contribution in [1.29, 1.82) is 0 Å². The first kappa shape index (κ1) is 17.5. The molecule has 1 aromatic rings. The number of rotatable bonds is 7. The Morgan fingerprint density at radius 1 is 1.41 bits per heavy atom. The van der Waals surface area contributed by atoms with Crippen LogP contribution in [0.25, 0.3) is 0 Å². The van der Waals surface area contributed by atoms with Crippen LogP contribution in [0.4, 0.5) is 10.1 Å². The van der Waals surface area contributed by atoms with Crippen molar-refractivity contribution in [2.45, 2.75) is 24.8 Å². The summed E-state index contributed by atoms with van der Waals surface area (Å²) in [6.45, 7) is 5.54. The number of thioether (sulfide) groups is 1. The molecule has 0 saturated carbocycles. The third kappa shape index (κ3) is 4.59. The molecule has 0 radical (unpaired) electrons. The second-order valence-electron chi connectivity index (χ2n) is 5.51. The Morgan fingerprint density at radius 2 is 2.14 bits per heavy atom. The average Bonchev–Trinajstić information content (AvgIpc) is 2.55. The van der Waals surface area contributed by atoms with Crippen LogP contribution in [-0.2, 0) is 11.3 Å². The summed E-state index contributed by atoms with van der Waals surface area (Å²) in [7, 11) is 0. The predicted molar refractivity (Wildman–Crippen MR) is 90.1 cm³/mol. The van der Waals surface area contributed by atoms with Gasteiger partial charge in [0.25, 0.3) is 0 Å². The van der Waals surface area contributed by atoms with Crippen molar-refractivity contribution in [2.24, 2.45) is 0 Å². The molecule has 2 unspecified atom stereocenters. The summed E-state index contributed by atoms with van der Waals surface area (Å²) in [5.74, 6) is -0.183. The first-order valence-electron chi connectivity index (χ1n) is 7.64. The Morgan fingerprint density at radius 3 is 2.73 bits per heavy atom. The van der Waals surface area contributed by atoms with Gasteiger partial charge in [0, 0.05) is 30.9 Å². The van der Waals surface area contributed by atoms with E-state index in [-0.39, 0.29) is 23.7 Å². The molecule has 1 fully saturated rings. The van der Waals surface area contributed by atoms with Gasteiger partial charge < -0.3 is 20.1 Å². The summed E-state index contributed by atoms with van der Waals surface area (Å²) < 4.78 is 19.6. The number of ether oxygens (including phenoxy) is 1. The van der Waals surface area contributed by atoms with Crippen LogP contribution in [0.3, 0.4) is 0 Å². The Bertz CT molecular complexity index is 465. The van der Waals surface area contributed by atoms with Crippen molar-refractivity contribution in [3.8, 4) is 0 Å². The monoisotopic (exact) mass is 328 g/mol. The Labute approximate surface area is 136 Å². The second-order valence-corrected chi connectivity index (χ2v) is 6.59. The van der Waals surface area contributed by atoms with Gasteiger partial charge in [-0.3, -0.25) is 0 Å². The lowest BCUT2D eigenvalue weighted by atomic mass is 10.1. The van der Waals surface area contributed by atoms with E-state index < -0.39 is 0 Å². The highest BCUT2D eigenvalue weighted by Crippen LogP contribution is 2.22. The standard InChI is InChI=1S/C16H25FN2O2S/c1-12(16(11-20)22-2)18-10-13-3-4-15(14(17)9-13)19-5-7-21-8-6-19/h3-4,9,12,16,18,20H,5-8,10-11H2,1-2H3. The lowest BCUT2D eigenvalue weighted by Gasteiger charge is -2.29. The van der Waals surface area contributed by atoms with Crippen LogP contribution in [-0.4, -0.2) is 55.6 Å². The summed E-state index contributed by atoms with van der Waals surface area (Å²) in [4.78, 5) is 2.02. The van der Waals surface area contributed by atoms with Gasteiger partial charge in [-0.25, -0.2) is 4.39 Å². The van der Waals surface area contributed by atoms with Crippen molar-refractivity contribution < 1.29 is 14.2 Å². The van der Waals surface area contributed by atoms with E-state index in [1.54, 1.807) is 17.8 Å². The summed E-state index contributed by atoms with van der Waals surface area (Å²) in [6.07, 6.45) is 1.98. The van der Waals surface area contributed by atoms with Gasteiger partial charge in [-0.15, -0.1) is 0 Å². The van der Waals surface area contributed by atoms with Crippen LogP contribution in [0.15, 0.2) is 18.2 Å². The zero-order valence-electron chi connectivity index (χ0n) is 13.2. The van der Waals surface area contributed by atoms with Gasteiger partial charge in [-0.1, -0.05) is 6.07 Å². The summed E-state index contributed by atoms with van der Waals surface area (Å²) >= 11 is 1.63. The number of anilines is 1. The number of benzene rings is 1. The molecule has 0 bridgehead atoms. The lowest BCUT2D eigenvalue weighted by molar-refractivity contribution is 0.122. The van der Waals surface area contributed by atoms with Gasteiger partial charge in [0.15, 0.2) is 0 Å². The topological polar surface area (TPSA) is 44.7 Å². The zero-order chi connectivity index (χ0) is 15.9. The van der Waals surface area contributed by atoms with E-state index >= 15 is 0 Å². The highest BCUT2D eigenvalue weighted by Gasteiger charge is 2.17. The molecule has 1 aromatic carbocycles. The van der Waals surface area contributed by atoms with Crippen LogP contribution in [0.1, 0.15) is 12.5 Å².